The van der Waals surface area contributed by atoms with Gasteiger partial charge in [0, 0.05) is 11.1 Å². The highest BCUT2D eigenvalue weighted by atomic mass is 32.1. The predicted octanol–water partition coefficient (Wildman–Crippen LogP) is 2.76. The quantitative estimate of drug-likeness (QED) is 0.318. The molecule has 0 aliphatic carbocycles. The standard InChI is InChI=1S/C25H28FN5O6S/c1-13(2)12-37-24(34)15(4)30-21(33)20-14(3)22(31-27-8-9-28-31)38-23(20)29(25(30)35)11-18(32)17-10-16(26)6-7-19(17)36-5/h6-10,13,15,18,32H,11-12H2,1-5H3/t15?,18-/m0/s1. The van der Waals surface area contributed by atoms with Crippen molar-refractivity contribution in [2.45, 2.75) is 46.4 Å². The van der Waals surface area contributed by atoms with E-state index < -0.39 is 35.2 Å². The summed E-state index contributed by atoms with van der Waals surface area (Å²) in [6.07, 6.45) is 1.56. The molecular weight excluding hydrogens is 517 g/mol. The summed E-state index contributed by atoms with van der Waals surface area (Å²) in [6, 6.07) is 2.44. The lowest BCUT2D eigenvalue weighted by Crippen LogP contribution is -2.44. The fourth-order valence-corrected chi connectivity index (χ4v) is 5.30. The molecule has 1 aromatic carbocycles. The number of aromatic nitrogens is 5. The third kappa shape index (κ3) is 4.98. The Kier molecular flexibility index (Phi) is 7.78. The van der Waals surface area contributed by atoms with E-state index in [2.05, 4.69) is 10.2 Å². The van der Waals surface area contributed by atoms with Crippen LogP contribution < -0.4 is 16.0 Å². The average molecular weight is 546 g/mol. The molecule has 1 unspecified atom stereocenters. The van der Waals surface area contributed by atoms with Crippen molar-refractivity contribution < 1.29 is 23.8 Å². The molecule has 1 N–H and O–H groups in total. The minimum Gasteiger partial charge on any atom is -0.496 e. The fraction of sp³-hybridized carbons (Fsp3) is 0.400. The van der Waals surface area contributed by atoms with Crippen LogP contribution in [0.4, 0.5) is 4.39 Å². The van der Waals surface area contributed by atoms with E-state index in [0.717, 1.165) is 22.0 Å². The van der Waals surface area contributed by atoms with E-state index in [-0.39, 0.29) is 40.6 Å². The van der Waals surface area contributed by atoms with Gasteiger partial charge >= 0.3 is 11.7 Å². The van der Waals surface area contributed by atoms with Gasteiger partial charge in [-0.3, -0.25) is 9.36 Å². The smallest absolute Gasteiger partial charge is 0.333 e. The van der Waals surface area contributed by atoms with Crippen molar-refractivity contribution in [1.29, 1.82) is 0 Å². The summed E-state index contributed by atoms with van der Waals surface area (Å²) in [5.74, 6) is -1.05. The number of methoxy groups -OCH3 is 1. The molecular formula is C25H28FN5O6S. The first-order chi connectivity index (χ1) is 18.0. The Morgan fingerprint density at radius 1 is 1.18 bits per heavy atom. The van der Waals surface area contributed by atoms with Gasteiger partial charge in [-0.05, 0) is 38.0 Å². The molecule has 13 heteroatoms. The van der Waals surface area contributed by atoms with E-state index in [4.69, 9.17) is 9.47 Å². The largest absolute Gasteiger partial charge is 0.496 e. The maximum absolute atomic E-state index is 14.0. The molecule has 0 spiro atoms. The number of rotatable bonds is 9. The number of thiophene rings is 1. The normalized spacial score (nSPS) is 13.2. The number of aliphatic hydroxyl groups is 1. The highest BCUT2D eigenvalue weighted by Gasteiger charge is 2.28. The van der Waals surface area contributed by atoms with Crippen LogP contribution in [0.3, 0.4) is 0 Å². The van der Waals surface area contributed by atoms with E-state index >= 15 is 0 Å². The Hall–Kier alpha value is -3.84. The first-order valence-electron chi connectivity index (χ1n) is 11.9. The first-order valence-corrected chi connectivity index (χ1v) is 12.7. The second-order valence-electron chi connectivity index (χ2n) is 9.20. The van der Waals surface area contributed by atoms with Gasteiger partial charge in [-0.2, -0.15) is 10.2 Å². The number of aliphatic hydroxyl groups excluding tert-OH is 1. The zero-order valence-corrected chi connectivity index (χ0v) is 22.4. The van der Waals surface area contributed by atoms with E-state index in [1.54, 1.807) is 6.92 Å². The van der Waals surface area contributed by atoms with Gasteiger partial charge in [0.25, 0.3) is 5.56 Å². The lowest BCUT2D eigenvalue weighted by molar-refractivity contribution is -0.148. The van der Waals surface area contributed by atoms with E-state index in [0.29, 0.717) is 10.6 Å². The fourth-order valence-electron chi connectivity index (χ4n) is 4.08. The second-order valence-corrected chi connectivity index (χ2v) is 10.2. The third-order valence-corrected chi connectivity index (χ3v) is 7.29. The van der Waals surface area contributed by atoms with Gasteiger partial charge < -0.3 is 14.6 Å². The lowest BCUT2D eigenvalue weighted by Gasteiger charge is -2.20. The van der Waals surface area contributed by atoms with E-state index in [1.807, 2.05) is 13.8 Å². The van der Waals surface area contributed by atoms with Gasteiger partial charge in [0.05, 0.1) is 38.0 Å². The molecule has 2 atom stereocenters. The van der Waals surface area contributed by atoms with Crippen LogP contribution in [0.25, 0.3) is 15.2 Å². The monoisotopic (exact) mass is 545 g/mol. The molecule has 4 aromatic rings. The van der Waals surface area contributed by atoms with Gasteiger partial charge in [-0.15, -0.1) is 4.80 Å². The van der Waals surface area contributed by atoms with E-state index in [1.165, 1.54) is 47.9 Å². The maximum atomic E-state index is 14.0. The summed E-state index contributed by atoms with van der Waals surface area (Å²) in [5.41, 5.74) is -0.890. The number of aryl methyl sites for hydroxylation is 1. The van der Waals surface area contributed by atoms with Crippen molar-refractivity contribution in [2.75, 3.05) is 13.7 Å². The van der Waals surface area contributed by atoms with Crippen LogP contribution >= 0.6 is 11.3 Å². The van der Waals surface area contributed by atoms with E-state index in [9.17, 15) is 23.9 Å². The molecule has 3 aromatic heterocycles. The Morgan fingerprint density at radius 3 is 2.50 bits per heavy atom. The topological polar surface area (TPSA) is 130 Å². The first kappa shape index (κ1) is 27.2. The molecule has 3 heterocycles. The van der Waals surface area contributed by atoms with Crippen LogP contribution in [0.1, 0.15) is 44.0 Å². The molecule has 4 rings (SSSR count). The minimum atomic E-state index is -1.38. The van der Waals surface area contributed by atoms with Crippen molar-refractivity contribution in [3.05, 3.63) is 68.4 Å². The minimum absolute atomic E-state index is 0.0571. The van der Waals surface area contributed by atoms with Gasteiger partial charge in [0.15, 0.2) is 0 Å². The number of benzene rings is 1. The molecule has 38 heavy (non-hydrogen) atoms. The number of ether oxygens (including phenoxy) is 2. The van der Waals surface area contributed by atoms with Crippen LogP contribution in [0.5, 0.6) is 5.75 Å². The number of fused-ring (bicyclic) bond motifs is 1. The Labute approximate surface area is 220 Å². The number of esters is 1. The number of halogens is 1. The van der Waals surface area contributed by atoms with Crippen molar-refractivity contribution >= 4 is 27.5 Å². The molecule has 0 saturated carbocycles. The van der Waals surface area contributed by atoms with Crippen LogP contribution in [0, 0.1) is 18.7 Å². The lowest BCUT2D eigenvalue weighted by atomic mass is 10.1. The molecule has 0 aliphatic rings. The molecule has 0 bridgehead atoms. The zero-order chi connectivity index (χ0) is 27.7. The van der Waals surface area contributed by atoms with Gasteiger partial charge in [-0.1, -0.05) is 25.2 Å². The SMILES string of the molecule is COc1ccc(F)cc1[C@@H](O)Cn1c(=O)n(C(C)C(=O)OCC(C)C)c(=O)c2c(C)c(-n3nccn3)sc21. The van der Waals surface area contributed by atoms with Gasteiger partial charge in [0.1, 0.15) is 33.5 Å². The number of nitrogens with zero attached hydrogens (tertiary/aromatic N) is 5. The van der Waals surface area contributed by atoms with Crippen LogP contribution in [-0.2, 0) is 16.1 Å². The molecule has 0 radical (unpaired) electrons. The van der Waals surface area contributed by atoms with Crippen molar-refractivity contribution in [3.63, 3.8) is 0 Å². The maximum Gasteiger partial charge on any atom is 0.333 e. The summed E-state index contributed by atoms with van der Waals surface area (Å²) in [6.45, 7) is 6.60. The van der Waals surface area contributed by atoms with Crippen LogP contribution in [0.2, 0.25) is 0 Å². The number of hydrogen-bond donors (Lipinski definition) is 1. The molecule has 0 aliphatic heterocycles. The molecule has 11 nitrogen and oxygen atoms in total. The Morgan fingerprint density at radius 2 is 1.87 bits per heavy atom. The molecule has 0 fully saturated rings. The number of carbonyl (C=O) groups excluding carboxylic acids is 1. The molecule has 0 saturated heterocycles. The van der Waals surface area contributed by atoms with Crippen molar-refractivity contribution in [1.82, 2.24) is 24.1 Å². The Balaban J connectivity index is 1.93. The summed E-state index contributed by atoms with van der Waals surface area (Å²) in [4.78, 5) is 41.8. The summed E-state index contributed by atoms with van der Waals surface area (Å²) >= 11 is 1.08. The summed E-state index contributed by atoms with van der Waals surface area (Å²) in [5, 5.41) is 20.0. The third-order valence-electron chi connectivity index (χ3n) is 6.01. The molecule has 202 valence electrons. The zero-order valence-electron chi connectivity index (χ0n) is 21.5. The van der Waals surface area contributed by atoms with Crippen molar-refractivity contribution in [2.24, 2.45) is 5.92 Å². The predicted molar refractivity (Wildman–Crippen MR) is 138 cm³/mol. The van der Waals surface area contributed by atoms with Gasteiger partial charge in [0.2, 0.25) is 0 Å². The second kappa shape index (κ2) is 10.9. The highest BCUT2D eigenvalue weighted by Crippen LogP contribution is 2.32. The van der Waals surface area contributed by atoms with Gasteiger partial charge in [-0.25, -0.2) is 18.5 Å². The highest BCUT2D eigenvalue weighted by molar-refractivity contribution is 7.21. The average Bonchev–Trinajstić information content (AvgIpc) is 3.53. The van der Waals surface area contributed by atoms with Crippen LogP contribution in [-0.4, -0.2) is 48.9 Å². The summed E-state index contributed by atoms with van der Waals surface area (Å²) in [7, 11) is 1.38. The molecule has 0 amide bonds. The number of carbonyl (C=O) groups is 1. The van der Waals surface area contributed by atoms with Crippen LogP contribution in [0.15, 0.2) is 40.2 Å². The van der Waals surface area contributed by atoms with Crippen molar-refractivity contribution in [3.8, 4) is 10.8 Å². The number of hydrogen-bond acceptors (Lipinski definition) is 9. The Bertz CT molecular complexity index is 1590. The summed E-state index contributed by atoms with van der Waals surface area (Å²) < 4.78 is 26.6.